The van der Waals surface area contributed by atoms with Crippen LogP contribution in [0.3, 0.4) is 0 Å². The van der Waals surface area contributed by atoms with Gasteiger partial charge in [-0.15, -0.1) is 0 Å². The molecule has 2 heterocycles. The maximum atomic E-state index is 13.0. The maximum Gasteiger partial charge on any atom is 0.292 e. The summed E-state index contributed by atoms with van der Waals surface area (Å²) in [4.78, 5) is 23.2. The van der Waals surface area contributed by atoms with Crippen LogP contribution in [0.25, 0.3) is 0 Å². The van der Waals surface area contributed by atoms with E-state index in [-0.39, 0.29) is 29.8 Å². The molecule has 1 atom stereocenters. The van der Waals surface area contributed by atoms with Crippen molar-refractivity contribution in [2.24, 2.45) is 0 Å². The van der Waals surface area contributed by atoms with Crippen molar-refractivity contribution in [1.82, 2.24) is 4.31 Å². The zero-order valence-electron chi connectivity index (χ0n) is 18.3. The van der Waals surface area contributed by atoms with Gasteiger partial charge < -0.3 is 15.0 Å². The number of piperazine rings is 1. The van der Waals surface area contributed by atoms with E-state index in [1.54, 1.807) is 12.1 Å². The molecule has 1 N–H and O–H groups in total. The first-order valence-corrected chi connectivity index (χ1v) is 12.3. The Kier molecular flexibility index (Phi) is 6.95. The van der Waals surface area contributed by atoms with E-state index in [1.807, 2.05) is 4.90 Å². The fourth-order valence-corrected chi connectivity index (χ4v) is 5.78. The van der Waals surface area contributed by atoms with Gasteiger partial charge in [-0.05, 0) is 31.0 Å². The molecule has 2 saturated heterocycles. The number of para-hydroxylation sites is 1. The second-order valence-electron chi connectivity index (χ2n) is 8.09. The van der Waals surface area contributed by atoms with E-state index in [0.717, 1.165) is 18.5 Å². The number of hydrogen-bond acceptors (Lipinski definition) is 9. The minimum atomic E-state index is -4.04. The first-order chi connectivity index (χ1) is 16.3. The van der Waals surface area contributed by atoms with E-state index in [0.29, 0.717) is 31.9 Å². The lowest BCUT2D eigenvalue weighted by Gasteiger charge is -2.35. The smallest absolute Gasteiger partial charge is 0.292 e. The van der Waals surface area contributed by atoms with Gasteiger partial charge in [0.15, 0.2) is 4.90 Å². The van der Waals surface area contributed by atoms with Crippen molar-refractivity contribution >= 4 is 32.8 Å². The molecule has 182 valence electrons. The SMILES string of the molecule is O=[N+]([O-])c1ccc(N2CCN(S(=O)(=O)c3ccccc3[N+](=O)[O-])CC2)cc1NC[C@H]1CCCO1. The summed E-state index contributed by atoms with van der Waals surface area (Å²) in [5.74, 6) is 0. The highest BCUT2D eigenvalue weighted by atomic mass is 32.2. The van der Waals surface area contributed by atoms with Gasteiger partial charge in [0.25, 0.3) is 11.4 Å². The quantitative estimate of drug-likeness (QED) is 0.434. The summed E-state index contributed by atoms with van der Waals surface area (Å²) in [6.07, 6.45) is 1.88. The van der Waals surface area contributed by atoms with Gasteiger partial charge in [0, 0.05) is 57.2 Å². The molecule has 0 aliphatic carbocycles. The van der Waals surface area contributed by atoms with Gasteiger partial charge in [-0.3, -0.25) is 20.2 Å². The number of nitrogens with zero attached hydrogens (tertiary/aromatic N) is 4. The maximum absolute atomic E-state index is 13.0. The number of anilines is 2. The lowest BCUT2D eigenvalue weighted by molar-refractivity contribution is -0.387. The van der Waals surface area contributed by atoms with Crippen molar-refractivity contribution in [3.8, 4) is 0 Å². The number of benzene rings is 2. The molecule has 2 aromatic carbocycles. The van der Waals surface area contributed by atoms with E-state index >= 15 is 0 Å². The minimum absolute atomic E-state index is 0.0130. The van der Waals surface area contributed by atoms with Crippen molar-refractivity contribution in [3.05, 3.63) is 62.7 Å². The average Bonchev–Trinajstić information content (AvgIpc) is 3.36. The largest absolute Gasteiger partial charge is 0.377 e. The van der Waals surface area contributed by atoms with Gasteiger partial charge in [-0.1, -0.05) is 12.1 Å². The molecule has 0 saturated carbocycles. The average molecular weight is 492 g/mol. The summed E-state index contributed by atoms with van der Waals surface area (Å²) < 4.78 is 32.9. The number of ether oxygens (including phenoxy) is 1. The molecule has 0 unspecified atom stereocenters. The number of rotatable bonds is 8. The van der Waals surface area contributed by atoms with Crippen LogP contribution >= 0.6 is 0 Å². The molecule has 0 aromatic heterocycles. The van der Waals surface area contributed by atoms with Gasteiger partial charge in [0.1, 0.15) is 5.69 Å². The zero-order valence-corrected chi connectivity index (χ0v) is 19.1. The molecule has 0 spiro atoms. The first-order valence-electron chi connectivity index (χ1n) is 10.9. The Morgan fingerprint density at radius 2 is 1.71 bits per heavy atom. The Morgan fingerprint density at radius 3 is 2.35 bits per heavy atom. The number of hydrogen-bond donors (Lipinski definition) is 1. The highest BCUT2D eigenvalue weighted by molar-refractivity contribution is 7.89. The molecule has 0 bridgehead atoms. The third-order valence-electron chi connectivity index (χ3n) is 6.00. The first kappa shape index (κ1) is 23.9. The number of sulfonamides is 1. The molecular weight excluding hydrogens is 466 g/mol. The molecule has 34 heavy (non-hydrogen) atoms. The van der Waals surface area contributed by atoms with Crippen molar-refractivity contribution in [2.75, 3.05) is 49.5 Å². The monoisotopic (exact) mass is 491 g/mol. The molecule has 4 rings (SSSR count). The Morgan fingerprint density at radius 1 is 1.00 bits per heavy atom. The van der Waals surface area contributed by atoms with Crippen LogP contribution in [-0.2, 0) is 14.8 Å². The van der Waals surface area contributed by atoms with Crippen molar-refractivity contribution in [1.29, 1.82) is 0 Å². The van der Waals surface area contributed by atoms with Gasteiger partial charge in [-0.2, -0.15) is 4.31 Å². The van der Waals surface area contributed by atoms with Gasteiger partial charge in [0.2, 0.25) is 10.0 Å². The van der Waals surface area contributed by atoms with Crippen LogP contribution in [0.5, 0.6) is 0 Å². The van der Waals surface area contributed by atoms with E-state index < -0.39 is 25.6 Å². The molecule has 2 aliphatic rings. The fourth-order valence-electron chi connectivity index (χ4n) is 4.20. The van der Waals surface area contributed by atoms with Crippen molar-refractivity contribution in [3.63, 3.8) is 0 Å². The molecule has 12 nitrogen and oxygen atoms in total. The highest BCUT2D eigenvalue weighted by Gasteiger charge is 2.33. The number of nitro benzene ring substituents is 2. The van der Waals surface area contributed by atoms with Crippen LogP contribution in [0.1, 0.15) is 12.8 Å². The standard InChI is InChI=1S/C21H25N5O7S/c27-25(28)19-8-7-16(14-18(19)22-15-17-4-3-13-33-17)23-9-11-24(12-10-23)34(31,32)21-6-2-1-5-20(21)26(29)30/h1-2,5-8,14,17,22H,3-4,9-13,15H2/t17-/m1/s1. The zero-order chi connectivity index (χ0) is 24.3. The van der Waals surface area contributed by atoms with Crippen LogP contribution in [-0.4, -0.2) is 68.0 Å². The van der Waals surface area contributed by atoms with Crippen molar-refractivity contribution in [2.45, 2.75) is 23.8 Å². The Hall–Kier alpha value is -3.29. The summed E-state index contributed by atoms with van der Waals surface area (Å²) in [5, 5.41) is 25.9. The summed E-state index contributed by atoms with van der Waals surface area (Å²) in [7, 11) is -4.04. The second kappa shape index (κ2) is 9.91. The fraction of sp³-hybridized carbons (Fsp3) is 0.429. The molecular formula is C21H25N5O7S. The van der Waals surface area contributed by atoms with Crippen molar-refractivity contribution < 1.29 is 23.0 Å². The van der Waals surface area contributed by atoms with Gasteiger partial charge >= 0.3 is 0 Å². The normalized spacial score (nSPS) is 19.2. The van der Waals surface area contributed by atoms with E-state index in [9.17, 15) is 28.6 Å². The topological polar surface area (TPSA) is 148 Å². The van der Waals surface area contributed by atoms with E-state index in [2.05, 4.69) is 5.32 Å². The predicted molar refractivity (Wildman–Crippen MR) is 125 cm³/mol. The third-order valence-corrected chi connectivity index (χ3v) is 7.95. The second-order valence-corrected chi connectivity index (χ2v) is 10.00. The summed E-state index contributed by atoms with van der Waals surface area (Å²) >= 11 is 0. The van der Waals surface area contributed by atoms with Crippen LogP contribution in [0.15, 0.2) is 47.4 Å². The molecule has 13 heteroatoms. The number of nitrogens with one attached hydrogen (secondary N) is 1. The third kappa shape index (κ3) is 4.95. The predicted octanol–water partition coefficient (Wildman–Crippen LogP) is 2.60. The van der Waals surface area contributed by atoms with Crippen LogP contribution in [0.2, 0.25) is 0 Å². The lowest BCUT2D eigenvalue weighted by Crippen LogP contribution is -2.48. The minimum Gasteiger partial charge on any atom is -0.377 e. The lowest BCUT2D eigenvalue weighted by atomic mass is 10.2. The Labute approximate surface area is 196 Å². The van der Waals surface area contributed by atoms with E-state index in [4.69, 9.17) is 4.74 Å². The van der Waals surface area contributed by atoms with Gasteiger partial charge in [-0.25, -0.2) is 8.42 Å². The molecule has 2 aromatic rings. The molecule has 0 amide bonds. The highest BCUT2D eigenvalue weighted by Crippen LogP contribution is 2.32. The van der Waals surface area contributed by atoms with Crippen LogP contribution in [0, 0.1) is 20.2 Å². The molecule has 0 radical (unpaired) electrons. The Balaban J connectivity index is 1.48. The summed E-state index contributed by atoms with van der Waals surface area (Å²) in [5.41, 5.74) is 0.609. The Bertz CT molecular complexity index is 1180. The van der Waals surface area contributed by atoms with Crippen LogP contribution < -0.4 is 10.2 Å². The van der Waals surface area contributed by atoms with E-state index in [1.165, 1.54) is 34.6 Å². The summed E-state index contributed by atoms with van der Waals surface area (Å²) in [6, 6.07) is 10.1. The molecule has 2 fully saturated rings. The molecule has 2 aliphatic heterocycles. The van der Waals surface area contributed by atoms with Crippen LogP contribution in [0.4, 0.5) is 22.7 Å². The number of nitro groups is 2. The van der Waals surface area contributed by atoms with Gasteiger partial charge in [0.05, 0.1) is 16.0 Å². The summed E-state index contributed by atoms with van der Waals surface area (Å²) in [6.45, 7) is 2.08.